The molecular formula is C26H30N2O. The van der Waals surface area contributed by atoms with Crippen molar-refractivity contribution in [3.63, 3.8) is 0 Å². The first-order chi connectivity index (χ1) is 14.1. The Morgan fingerprint density at radius 2 is 1.66 bits per heavy atom. The van der Waals surface area contributed by atoms with Gasteiger partial charge in [-0.3, -0.25) is 0 Å². The Hall–Kier alpha value is -2.16. The molecule has 1 atom stereocenters. The highest BCUT2D eigenvalue weighted by Crippen LogP contribution is 2.69. The molecule has 4 bridgehead atoms. The van der Waals surface area contributed by atoms with E-state index in [0.29, 0.717) is 6.04 Å². The second-order valence-corrected chi connectivity index (χ2v) is 10.4. The molecule has 1 aliphatic heterocycles. The number of benzene rings is 1. The average molecular weight is 387 g/mol. The van der Waals surface area contributed by atoms with Gasteiger partial charge in [0.2, 0.25) is 0 Å². The van der Waals surface area contributed by atoms with Crippen molar-refractivity contribution < 1.29 is 4.42 Å². The minimum Gasteiger partial charge on any atom is -0.462 e. The highest BCUT2D eigenvalue weighted by atomic mass is 16.3. The maximum Gasteiger partial charge on any atom is 0.157 e. The van der Waals surface area contributed by atoms with Gasteiger partial charge in [0, 0.05) is 24.4 Å². The van der Waals surface area contributed by atoms with Gasteiger partial charge in [-0.1, -0.05) is 18.2 Å². The number of nitrogens with zero attached hydrogens (tertiary/aromatic N) is 2. The minimum atomic E-state index is 0.130. The first kappa shape index (κ1) is 16.6. The average Bonchev–Trinajstić information content (AvgIpc) is 3.34. The molecule has 3 heteroatoms. The number of hydrogen-bond acceptors (Lipinski definition) is 2. The van der Waals surface area contributed by atoms with Crippen LogP contribution in [0.1, 0.15) is 61.9 Å². The van der Waals surface area contributed by atoms with Crippen LogP contribution in [0.5, 0.6) is 0 Å². The van der Waals surface area contributed by atoms with Gasteiger partial charge in [0.15, 0.2) is 5.58 Å². The number of rotatable bonds is 1. The molecule has 0 unspecified atom stereocenters. The van der Waals surface area contributed by atoms with E-state index in [2.05, 4.69) is 60.7 Å². The van der Waals surface area contributed by atoms with Gasteiger partial charge in [0.1, 0.15) is 0 Å². The molecule has 4 saturated carbocycles. The molecule has 8 rings (SSSR count). The molecule has 150 valence electrons. The molecule has 0 amide bonds. The molecule has 29 heavy (non-hydrogen) atoms. The summed E-state index contributed by atoms with van der Waals surface area (Å²) < 4.78 is 8.61. The summed E-state index contributed by atoms with van der Waals surface area (Å²) in [6.07, 6.45) is 9.01. The van der Waals surface area contributed by atoms with E-state index in [-0.39, 0.29) is 5.54 Å². The lowest BCUT2D eigenvalue weighted by Gasteiger charge is -2.64. The third-order valence-corrected chi connectivity index (χ3v) is 9.18. The highest BCUT2D eigenvalue weighted by Gasteiger charge is 2.66. The van der Waals surface area contributed by atoms with Crippen molar-refractivity contribution in [2.45, 2.75) is 57.5 Å². The monoisotopic (exact) mass is 386 g/mol. The summed E-state index contributed by atoms with van der Waals surface area (Å²) in [4.78, 5) is 2.86. The lowest BCUT2D eigenvalue weighted by Crippen LogP contribution is -2.62. The Kier molecular flexibility index (Phi) is 3.04. The topological polar surface area (TPSA) is 21.3 Å². The molecule has 1 aromatic carbocycles. The number of furan rings is 1. The lowest BCUT2D eigenvalue weighted by molar-refractivity contribution is -0.0629. The van der Waals surface area contributed by atoms with E-state index in [0.717, 1.165) is 29.3 Å². The van der Waals surface area contributed by atoms with Crippen LogP contribution in [0.3, 0.4) is 0 Å². The fraction of sp³-hybridized carbons (Fsp3) is 0.538. The van der Waals surface area contributed by atoms with Crippen LogP contribution < -0.4 is 4.90 Å². The van der Waals surface area contributed by atoms with Crippen molar-refractivity contribution in [1.82, 2.24) is 4.57 Å². The molecular weight excluding hydrogens is 356 g/mol. The zero-order valence-electron chi connectivity index (χ0n) is 17.7. The third kappa shape index (κ3) is 1.78. The number of fused-ring (bicyclic) bond motifs is 3. The van der Waals surface area contributed by atoms with Crippen LogP contribution >= 0.6 is 0 Å². The van der Waals surface area contributed by atoms with Crippen molar-refractivity contribution in [1.29, 1.82) is 0 Å². The maximum atomic E-state index is 6.10. The summed E-state index contributed by atoms with van der Waals surface area (Å²) in [6.45, 7) is 4.71. The van der Waals surface area contributed by atoms with E-state index < -0.39 is 0 Å². The van der Waals surface area contributed by atoms with E-state index in [4.69, 9.17) is 4.42 Å². The Bertz CT molecular complexity index is 1110. The van der Waals surface area contributed by atoms with Gasteiger partial charge >= 0.3 is 0 Å². The Labute approximate surface area is 172 Å². The van der Waals surface area contributed by atoms with Crippen LogP contribution in [0.25, 0.3) is 11.1 Å². The minimum absolute atomic E-state index is 0.130. The largest absolute Gasteiger partial charge is 0.462 e. The number of para-hydroxylation sites is 1. The molecule has 0 saturated heterocycles. The maximum absolute atomic E-state index is 6.10. The predicted octanol–water partition coefficient (Wildman–Crippen LogP) is 6.31. The number of aryl methyl sites for hydroxylation is 2. The van der Waals surface area contributed by atoms with E-state index >= 15 is 0 Å². The van der Waals surface area contributed by atoms with Crippen LogP contribution in [0.15, 0.2) is 41.0 Å². The van der Waals surface area contributed by atoms with Crippen molar-refractivity contribution in [2.24, 2.45) is 30.7 Å². The second kappa shape index (κ2) is 5.30. The van der Waals surface area contributed by atoms with Crippen LogP contribution in [-0.4, -0.2) is 4.57 Å². The molecule has 2 aromatic heterocycles. The lowest BCUT2D eigenvalue weighted by atomic mass is 9.47. The molecule has 1 spiro atoms. The Morgan fingerprint density at radius 3 is 2.34 bits per heavy atom. The summed E-state index contributed by atoms with van der Waals surface area (Å²) in [5.74, 6) is 3.45. The molecule has 4 aliphatic carbocycles. The SMILES string of the molecule is Cc1ccccc1N1[C@@H](C)c2c(n(C)c3ccoc23)C12C1CC3CC(C1)CC2C3. The molecule has 3 aromatic rings. The first-order valence-electron chi connectivity index (χ1n) is 11.5. The van der Waals surface area contributed by atoms with Crippen molar-refractivity contribution in [3.05, 3.63) is 53.4 Å². The number of anilines is 1. The van der Waals surface area contributed by atoms with Crippen molar-refractivity contribution in [3.8, 4) is 0 Å². The van der Waals surface area contributed by atoms with Gasteiger partial charge in [-0.05, 0) is 81.3 Å². The Morgan fingerprint density at radius 1 is 0.966 bits per heavy atom. The molecule has 4 fully saturated rings. The van der Waals surface area contributed by atoms with Gasteiger partial charge in [-0.25, -0.2) is 0 Å². The van der Waals surface area contributed by atoms with Gasteiger partial charge < -0.3 is 13.9 Å². The van der Waals surface area contributed by atoms with Gasteiger partial charge in [0.05, 0.1) is 29.1 Å². The Balaban J connectivity index is 1.56. The van der Waals surface area contributed by atoms with E-state index in [1.165, 1.54) is 54.4 Å². The standard InChI is InChI=1S/C26H30N2O/c1-15-6-4-5-7-21(15)28-16(2)23-24-22(8-9-29-24)27(3)25(23)26(28)19-11-17-10-18(13-19)14-20(26)12-17/h4-9,16-20H,10-14H2,1-3H3/t16-,17?,18?,19?,20?,26?/m0/s1. The van der Waals surface area contributed by atoms with Gasteiger partial charge in [0.25, 0.3) is 0 Å². The molecule has 0 N–H and O–H groups in total. The summed E-state index contributed by atoms with van der Waals surface area (Å²) in [5.41, 5.74) is 8.41. The fourth-order valence-corrected chi connectivity index (χ4v) is 8.54. The van der Waals surface area contributed by atoms with E-state index in [9.17, 15) is 0 Å². The van der Waals surface area contributed by atoms with E-state index in [1.54, 1.807) is 5.69 Å². The van der Waals surface area contributed by atoms with Gasteiger partial charge in [-0.2, -0.15) is 0 Å². The van der Waals surface area contributed by atoms with E-state index in [1.807, 2.05) is 6.26 Å². The quantitative estimate of drug-likeness (QED) is 0.488. The van der Waals surface area contributed by atoms with Crippen molar-refractivity contribution in [2.75, 3.05) is 4.90 Å². The number of aromatic nitrogens is 1. The molecule has 5 aliphatic rings. The van der Waals surface area contributed by atoms with Crippen LogP contribution in [0.2, 0.25) is 0 Å². The molecule has 3 nitrogen and oxygen atoms in total. The van der Waals surface area contributed by atoms with Gasteiger partial charge in [-0.15, -0.1) is 0 Å². The molecule has 0 radical (unpaired) electrons. The normalized spacial score (nSPS) is 37.2. The summed E-state index contributed by atoms with van der Waals surface area (Å²) in [7, 11) is 2.29. The fourth-order valence-electron chi connectivity index (χ4n) is 8.54. The zero-order valence-corrected chi connectivity index (χ0v) is 17.7. The third-order valence-electron chi connectivity index (χ3n) is 9.18. The van der Waals surface area contributed by atoms with Crippen LogP contribution in [-0.2, 0) is 12.6 Å². The summed E-state index contributed by atoms with van der Waals surface area (Å²) >= 11 is 0. The summed E-state index contributed by atoms with van der Waals surface area (Å²) in [6, 6.07) is 11.6. The smallest absolute Gasteiger partial charge is 0.157 e. The second-order valence-electron chi connectivity index (χ2n) is 10.4. The zero-order chi connectivity index (χ0) is 19.5. The predicted molar refractivity (Wildman–Crippen MR) is 116 cm³/mol. The molecule has 3 heterocycles. The van der Waals surface area contributed by atoms with Crippen LogP contribution in [0.4, 0.5) is 5.69 Å². The van der Waals surface area contributed by atoms with Crippen molar-refractivity contribution >= 4 is 16.8 Å². The van der Waals surface area contributed by atoms with Crippen LogP contribution in [0, 0.1) is 30.6 Å². The summed E-state index contributed by atoms with van der Waals surface area (Å²) in [5, 5.41) is 0. The highest BCUT2D eigenvalue weighted by molar-refractivity contribution is 5.84. The first-order valence-corrected chi connectivity index (χ1v) is 11.5. The number of hydrogen-bond donors (Lipinski definition) is 0.